The fourth-order valence-corrected chi connectivity index (χ4v) is 2.34. The van der Waals surface area contributed by atoms with E-state index in [0.29, 0.717) is 12.2 Å². The summed E-state index contributed by atoms with van der Waals surface area (Å²) in [6.45, 7) is 2.01. The molecule has 2 nitrogen and oxygen atoms in total. The fraction of sp³-hybridized carbons (Fsp3) is 0.538. The molecule has 0 radical (unpaired) electrons. The quantitative estimate of drug-likeness (QED) is 0.893. The molecule has 0 spiro atoms. The number of hydrogen-bond acceptors (Lipinski definition) is 2. The zero-order chi connectivity index (χ0) is 13.2. The third-order valence-corrected chi connectivity index (χ3v) is 3.15. The molecule has 0 aliphatic carbocycles. The molecule has 0 amide bonds. The number of nitrogens with zero attached hydrogens (tertiary/aromatic N) is 1. The van der Waals surface area contributed by atoms with Crippen LogP contribution in [0.2, 0.25) is 0 Å². The Morgan fingerprint density at radius 2 is 2.11 bits per heavy atom. The van der Waals surface area contributed by atoms with E-state index in [2.05, 4.69) is 5.32 Å². The van der Waals surface area contributed by atoms with Crippen molar-refractivity contribution in [3.8, 4) is 0 Å². The van der Waals surface area contributed by atoms with Gasteiger partial charge in [-0.2, -0.15) is 13.2 Å². The Balaban J connectivity index is 2.30. The van der Waals surface area contributed by atoms with Gasteiger partial charge in [0, 0.05) is 13.1 Å². The van der Waals surface area contributed by atoms with Crippen LogP contribution in [0.1, 0.15) is 18.9 Å². The van der Waals surface area contributed by atoms with Gasteiger partial charge in [-0.25, -0.2) is 0 Å². The summed E-state index contributed by atoms with van der Waals surface area (Å²) in [6, 6.07) is 5.57. The van der Waals surface area contributed by atoms with Gasteiger partial charge in [0.15, 0.2) is 0 Å². The van der Waals surface area contributed by atoms with Crippen LogP contribution in [0.15, 0.2) is 18.2 Å². The molecular weight excluding hydrogens is 241 g/mol. The van der Waals surface area contributed by atoms with Crippen LogP contribution in [0.25, 0.3) is 0 Å². The highest BCUT2D eigenvalue weighted by Gasteiger charge is 2.31. The molecule has 0 atom stereocenters. The van der Waals surface area contributed by atoms with E-state index in [1.807, 2.05) is 12.1 Å². The molecule has 5 heteroatoms. The SMILES string of the molecule is CCN(CC(F)(F)F)c1cccc2c1NCCC2. The van der Waals surface area contributed by atoms with Gasteiger partial charge >= 0.3 is 6.18 Å². The van der Waals surface area contributed by atoms with Gasteiger partial charge in [-0.1, -0.05) is 12.1 Å². The molecule has 1 aromatic rings. The summed E-state index contributed by atoms with van der Waals surface area (Å²) in [5, 5.41) is 3.22. The van der Waals surface area contributed by atoms with Crippen molar-refractivity contribution in [1.29, 1.82) is 0 Å². The van der Waals surface area contributed by atoms with E-state index in [4.69, 9.17) is 0 Å². The molecule has 18 heavy (non-hydrogen) atoms. The highest BCUT2D eigenvalue weighted by Crippen LogP contribution is 2.34. The average molecular weight is 258 g/mol. The van der Waals surface area contributed by atoms with Crippen molar-refractivity contribution in [2.75, 3.05) is 29.9 Å². The second kappa shape index (κ2) is 5.08. The number of hydrogen-bond donors (Lipinski definition) is 1. The third kappa shape index (κ3) is 2.89. The van der Waals surface area contributed by atoms with Crippen LogP contribution in [0.5, 0.6) is 0 Å². The van der Waals surface area contributed by atoms with Crippen molar-refractivity contribution in [1.82, 2.24) is 0 Å². The van der Waals surface area contributed by atoms with E-state index in [9.17, 15) is 13.2 Å². The van der Waals surface area contributed by atoms with Crippen molar-refractivity contribution >= 4 is 11.4 Å². The summed E-state index contributed by atoms with van der Waals surface area (Å²) >= 11 is 0. The van der Waals surface area contributed by atoms with Gasteiger partial charge in [0.05, 0.1) is 11.4 Å². The highest BCUT2D eigenvalue weighted by molar-refractivity contribution is 5.74. The monoisotopic (exact) mass is 258 g/mol. The van der Waals surface area contributed by atoms with Crippen LogP contribution in [0, 0.1) is 0 Å². The van der Waals surface area contributed by atoms with Crippen LogP contribution in [-0.4, -0.2) is 25.8 Å². The van der Waals surface area contributed by atoms with Crippen molar-refractivity contribution < 1.29 is 13.2 Å². The van der Waals surface area contributed by atoms with Gasteiger partial charge in [-0.15, -0.1) is 0 Å². The molecule has 0 unspecified atom stereocenters. The van der Waals surface area contributed by atoms with Crippen LogP contribution in [-0.2, 0) is 6.42 Å². The normalized spacial score (nSPS) is 14.9. The first-order chi connectivity index (χ1) is 8.51. The van der Waals surface area contributed by atoms with E-state index >= 15 is 0 Å². The van der Waals surface area contributed by atoms with Crippen LogP contribution in [0.4, 0.5) is 24.5 Å². The molecule has 100 valence electrons. The molecule has 1 aliphatic rings. The summed E-state index contributed by atoms with van der Waals surface area (Å²) < 4.78 is 37.6. The Kier molecular flexibility index (Phi) is 3.68. The fourth-order valence-electron chi connectivity index (χ4n) is 2.34. The maximum absolute atomic E-state index is 12.5. The molecule has 1 heterocycles. The van der Waals surface area contributed by atoms with Crippen LogP contribution >= 0.6 is 0 Å². The van der Waals surface area contributed by atoms with Gasteiger partial charge in [-0.3, -0.25) is 0 Å². The Hall–Kier alpha value is -1.39. The Morgan fingerprint density at radius 1 is 1.33 bits per heavy atom. The van der Waals surface area contributed by atoms with Gasteiger partial charge < -0.3 is 10.2 Å². The number of halogens is 3. The lowest BCUT2D eigenvalue weighted by Gasteiger charge is -2.30. The number of rotatable bonds is 3. The summed E-state index contributed by atoms with van der Waals surface area (Å²) in [6.07, 6.45) is -2.21. The minimum atomic E-state index is -4.17. The molecule has 2 rings (SSSR count). The lowest BCUT2D eigenvalue weighted by Crippen LogP contribution is -2.35. The topological polar surface area (TPSA) is 15.3 Å². The van der Waals surface area contributed by atoms with Gasteiger partial charge in [0.25, 0.3) is 0 Å². The van der Waals surface area contributed by atoms with E-state index in [0.717, 1.165) is 30.6 Å². The van der Waals surface area contributed by atoms with Crippen LogP contribution < -0.4 is 10.2 Å². The molecule has 0 fully saturated rings. The Labute approximate surface area is 105 Å². The Bertz CT molecular complexity index is 415. The minimum absolute atomic E-state index is 0.345. The second-order valence-corrected chi connectivity index (χ2v) is 4.47. The molecule has 1 aromatic carbocycles. The predicted molar refractivity (Wildman–Crippen MR) is 67.2 cm³/mol. The number of aryl methyl sites for hydroxylation is 1. The van der Waals surface area contributed by atoms with Crippen molar-refractivity contribution in [2.45, 2.75) is 25.9 Å². The van der Waals surface area contributed by atoms with Crippen molar-refractivity contribution in [3.63, 3.8) is 0 Å². The zero-order valence-electron chi connectivity index (χ0n) is 10.3. The average Bonchev–Trinajstić information content (AvgIpc) is 2.34. The molecule has 0 aromatic heterocycles. The lowest BCUT2D eigenvalue weighted by molar-refractivity contribution is -0.119. The molecule has 0 bridgehead atoms. The van der Waals surface area contributed by atoms with Gasteiger partial charge in [0.1, 0.15) is 6.54 Å². The maximum Gasteiger partial charge on any atom is 0.405 e. The largest absolute Gasteiger partial charge is 0.405 e. The second-order valence-electron chi connectivity index (χ2n) is 4.47. The molecule has 0 saturated carbocycles. The van der Waals surface area contributed by atoms with Gasteiger partial charge in [0.2, 0.25) is 0 Å². The highest BCUT2D eigenvalue weighted by atomic mass is 19.4. The van der Waals surface area contributed by atoms with Crippen molar-refractivity contribution in [2.24, 2.45) is 0 Å². The predicted octanol–water partition coefficient (Wildman–Crippen LogP) is 3.43. The zero-order valence-corrected chi connectivity index (χ0v) is 10.3. The smallest absolute Gasteiger partial charge is 0.383 e. The number of alkyl halides is 3. The molecule has 1 N–H and O–H groups in total. The third-order valence-electron chi connectivity index (χ3n) is 3.15. The maximum atomic E-state index is 12.5. The summed E-state index contributed by atoms with van der Waals surface area (Å²) in [7, 11) is 0. The summed E-state index contributed by atoms with van der Waals surface area (Å²) in [5.74, 6) is 0. The number of benzene rings is 1. The first kappa shape index (κ1) is 13.1. The molecular formula is C13H17F3N2. The first-order valence-electron chi connectivity index (χ1n) is 6.18. The molecule has 0 saturated heterocycles. The summed E-state index contributed by atoms with van der Waals surface area (Å²) in [5.41, 5.74) is 2.64. The Morgan fingerprint density at radius 3 is 2.78 bits per heavy atom. The van der Waals surface area contributed by atoms with E-state index in [-0.39, 0.29) is 0 Å². The van der Waals surface area contributed by atoms with Crippen LogP contribution in [0.3, 0.4) is 0 Å². The number of para-hydroxylation sites is 1. The van der Waals surface area contributed by atoms with Crippen molar-refractivity contribution in [3.05, 3.63) is 23.8 Å². The van der Waals surface area contributed by atoms with E-state index in [1.54, 1.807) is 13.0 Å². The number of nitrogens with one attached hydrogen (secondary N) is 1. The first-order valence-corrected chi connectivity index (χ1v) is 6.18. The van der Waals surface area contributed by atoms with E-state index in [1.165, 1.54) is 4.90 Å². The molecule has 1 aliphatic heterocycles. The van der Waals surface area contributed by atoms with E-state index < -0.39 is 12.7 Å². The van der Waals surface area contributed by atoms with Gasteiger partial charge in [-0.05, 0) is 31.4 Å². The number of anilines is 2. The summed E-state index contributed by atoms with van der Waals surface area (Å²) in [4.78, 5) is 1.37. The lowest BCUT2D eigenvalue weighted by atomic mass is 10.0. The number of fused-ring (bicyclic) bond motifs is 1. The minimum Gasteiger partial charge on any atom is -0.383 e. The standard InChI is InChI=1S/C13H17F3N2/c1-2-18(9-13(14,15)16)11-7-3-5-10-6-4-8-17-12(10)11/h3,5,7,17H,2,4,6,8-9H2,1H3.